The first-order chi connectivity index (χ1) is 12.3. The molecule has 0 saturated carbocycles. The summed E-state index contributed by atoms with van der Waals surface area (Å²) < 4.78 is 1.86. The van der Waals surface area contributed by atoms with Gasteiger partial charge in [-0.3, -0.25) is 4.90 Å². The van der Waals surface area contributed by atoms with Crippen molar-refractivity contribution < 1.29 is 0 Å². The van der Waals surface area contributed by atoms with Crippen molar-refractivity contribution in [3.05, 3.63) is 42.5 Å². The van der Waals surface area contributed by atoms with Gasteiger partial charge in [0.25, 0.3) is 0 Å². The molecule has 2 aromatic heterocycles. The number of aromatic nitrogens is 4. The summed E-state index contributed by atoms with van der Waals surface area (Å²) >= 11 is 0. The maximum atomic E-state index is 4.84. The van der Waals surface area contributed by atoms with Gasteiger partial charge in [-0.2, -0.15) is 4.52 Å². The second kappa shape index (κ2) is 6.80. The van der Waals surface area contributed by atoms with Gasteiger partial charge < -0.3 is 4.90 Å². The van der Waals surface area contributed by atoms with Crippen LogP contribution in [0, 0.1) is 0 Å². The van der Waals surface area contributed by atoms with E-state index >= 15 is 0 Å². The first-order valence-corrected chi connectivity index (χ1v) is 9.07. The number of benzene rings is 1. The number of anilines is 1. The van der Waals surface area contributed by atoms with Crippen LogP contribution in [0.5, 0.6) is 0 Å². The zero-order chi connectivity index (χ0) is 17.2. The molecule has 1 aromatic carbocycles. The quantitative estimate of drug-likeness (QED) is 0.717. The monoisotopic (exact) mass is 336 g/mol. The van der Waals surface area contributed by atoms with Gasteiger partial charge in [0.15, 0.2) is 11.5 Å². The number of likely N-dealkylation sites (N-methyl/N-ethyl adjacent to an activating group) is 1. The highest BCUT2D eigenvalue weighted by Crippen LogP contribution is 2.23. The van der Waals surface area contributed by atoms with Gasteiger partial charge in [0.1, 0.15) is 5.82 Å². The SMILES string of the molecule is CCN(CC)[C@@H]1CCN(c2ccc3nnc(-c4ccccc4)n3n2)C1. The molecule has 0 spiro atoms. The van der Waals surface area contributed by atoms with E-state index in [4.69, 9.17) is 5.10 Å². The summed E-state index contributed by atoms with van der Waals surface area (Å²) in [6, 6.07) is 14.8. The number of nitrogens with zero attached hydrogens (tertiary/aromatic N) is 6. The number of rotatable bonds is 5. The van der Waals surface area contributed by atoms with Crippen LogP contribution in [-0.4, -0.2) is 56.9 Å². The van der Waals surface area contributed by atoms with Crippen molar-refractivity contribution in [3.63, 3.8) is 0 Å². The molecule has 3 heterocycles. The van der Waals surface area contributed by atoms with Gasteiger partial charge in [0, 0.05) is 24.7 Å². The van der Waals surface area contributed by atoms with Gasteiger partial charge in [-0.25, -0.2) is 0 Å². The van der Waals surface area contributed by atoms with Crippen LogP contribution < -0.4 is 4.90 Å². The summed E-state index contributed by atoms with van der Waals surface area (Å²) in [6.45, 7) is 8.75. The van der Waals surface area contributed by atoms with Gasteiger partial charge in [-0.05, 0) is 31.6 Å². The summed E-state index contributed by atoms with van der Waals surface area (Å²) in [7, 11) is 0. The van der Waals surface area contributed by atoms with E-state index in [1.807, 2.05) is 40.9 Å². The Hall–Kier alpha value is -2.47. The molecule has 0 unspecified atom stereocenters. The fraction of sp³-hybridized carbons (Fsp3) is 0.421. The Morgan fingerprint density at radius 1 is 1.04 bits per heavy atom. The van der Waals surface area contributed by atoms with Crippen molar-refractivity contribution in [3.8, 4) is 11.4 Å². The molecule has 1 fully saturated rings. The number of hydrogen-bond acceptors (Lipinski definition) is 5. The van der Waals surface area contributed by atoms with Gasteiger partial charge >= 0.3 is 0 Å². The van der Waals surface area contributed by atoms with Crippen LogP contribution in [0.4, 0.5) is 5.82 Å². The third-order valence-electron chi connectivity index (χ3n) is 5.10. The standard InChI is InChI=1S/C19H24N6/c1-3-23(4-2)16-12-13-24(14-16)18-11-10-17-20-21-19(25(17)22-18)15-8-6-5-7-9-15/h5-11,16H,3-4,12-14H2,1-2H3/t16-/m1/s1. The lowest BCUT2D eigenvalue weighted by Gasteiger charge is -2.26. The minimum Gasteiger partial charge on any atom is -0.354 e. The van der Waals surface area contributed by atoms with E-state index in [9.17, 15) is 0 Å². The Balaban J connectivity index is 1.64. The molecule has 1 aliphatic heterocycles. The van der Waals surface area contributed by atoms with E-state index in [0.29, 0.717) is 6.04 Å². The molecule has 25 heavy (non-hydrogen) atoms. The summed E-state index contributed by atoms with van der Waals surface area (Å²) in [6.07, 6.45) is 1.19. The predicted octanol–water partition coefficient (Wildman–Crippen LogP) is 2.71. The second-order valence-corrected chi connectivity index (χ2v) is 6.46. The number of fused-ring (bicyclic) bond motifs is 1. The molecule has 0 aliphatic carbocycles. The minimum absolute atomic E-state index is 0.613. The molecule has 0 bridgehead atoms. The summed E-state index contributed by atoms with van der Waals surface area (Å²) in [5.41, 5.74) is 1.81. The number of hydrogen-bond donors (Lipinski definition) is 0. The molecular formula is C19H24N6. The van der Waals surface area contributed by atoms with Crippen LogP contribution in [0.25, 0.3) is 17.0 Å². The lowest BCUT2D eigenvalue weighted by Crippen LogP contribution is -2.37. The van der Waals surface area contributed by atoms with Gasteiger partial charge in [0.2, 0.25) is 0 Å². The first kappa shape index (κ1) is 16.0. The lowest BCUT2D eigenvalue weighted by molar-refractivity contribution is 0.232. The first-order valence-electron chi connectivity index (χ1n) is 9.07. The Morgan fingerprint density at radius 3 is 2.60 bits per heavy atom. The molecule has 4 rings (SSSR count). The normalized spacial score (nSPS) is 17.7. The lowest BCUT2D eigenvalue weighted by atomic mass is 10.2. The van der Waals surface area contributed by atoms with E-state index in [-0.39, 0.29) is 0 Å². The third kappa shape index (κ3) is 2.98. The van der Waals surface area contributed by atoms with Crippen molar-refractivity contribution in [2.75, 3.05) is 31.1 Å². The van der Waals surface area contributed by atoms with Crippen molar-refractivity contribution in [2.45, 2.75) is 26.3 Å². The molecule has 3 aromatic rings. The minimum atomic E-state index is 0.613. The Labute approximate surface area is 148 Å². The fourth-order valence-corrected chi connectivity index (χ4v) is 3.70. The van der Waals surface area contributed by atoms with Gasteiger partial charge in [0.05, 0.1) is 0 Å². The summed E-state index contributed by atoms with van der Waals surface area (Å²) in [5.74, 6) is 1.79. The van der Waals surface area contributed by atoms with Crippen LogP contribution in [0.3, 0.4) is 0 Å². The van der Waals surface area contributed by atoms with Crippen LogP contribution in [0.2, 0.25) is 0 Å². The van der Waals surface area contributed by atoms with Crippen LogP contribution in [0.15, 0.2) is 42.5 Å². The fourth-order valence-electron chi connectivity index (χ4n) is 3.70. The highest BCUT2D eigenvalue weighted by molar-refractivity contribution is 5.59. The molecule has 1 aliphatic rings. The Kier molecular flexibility index (Phi) is 4.36. The van der Waals surface area contributed by atoms with Crippen molar-refractivity contribution in [1.29, 1.82) is 0 Å². The van der Waals surface area contributed by atoms with Crippen molar-refractivity contribution >= 4 is 11.5 Å². The molecule has 6 heteroatoms. The van der Waals surface area contributed by atoms with Crippen molar-refractivity contribution in [2.24, 2.45) is 0 Å². The zero-order valence-electron chi connectivity index (χ0n) is 14.8. The van der Waals surface area contributed by atoms with E-state index in [1.54, 1.807) is 0 Å². The molecule has 1 saturated heterocycles. The largest absolute Gasteiger partial charge is 0.354 e. The van der Waals surface area contributed by atoms with E-state index < -0.39 is 0 Å². The van der Waals surface area contributed by atoms with Gasteiger partial charge in [-0.15, -0.1) is 15.3 Å². The highest BCUT2D eigenvalue weighted by Gasteiger charge is 2.27. The smallest absolute Gasteiger partial charge is 0.185 e. The predicted molar refractivity (Wildman–Crippen MR) is 99.8 cm³/mol. The van der Waals surface area contributed by atoms with E-state index in [2.05, 4.69) is 39.9 Å². The third-order valence-corrected chi connectivity index (χ3v) is 5.10. The highest BCUT2D eigenvalue weighted by atomic mass is 15.4. The van der Waals surface area contributed by atoms with Gasteiger partial charge in [-0.1, -0.05) is 44.2 Å². The average Bonchev–Trinajstić information content (AvgIpc) is 3.30. The van der Waals surface area contributed by atoms with Crippen molar-refractivity contribution in [1.82, 2.24) is 24.7 Å². The topological polar surface area (TPSA) is 49.6 Å². The molecule has 6 nitrogen and oxygen atoms in total. The Morgan fingerprint density at radius 2 is 1.84 bits per heavy atom. The summed E-state index contributed by atoms with van der Waals surface area (Å²) in [4.78, 5) is 4.91. The van der Waals surface area contributed by atoms with Crippen LogP contribution in [-0.2, 0) is 0 Å². The molecule has 130 valence electrons. The maximum absolute atomic E-state index is 4.84. The maximum Gasteiger partial charge on any atom is 0.185 e. The molecular weight excluding hydrogens is 312 g/mol. The zero-order valence-corrected chi connectivity index (χ0v) is 14.8. The molecule has 0 N–H and O–H groups in total. The van der Waals surface area contributed by atoms with E-state index in [0.717, 1.165) is 49.0 Å². The molecule has 0 amide bonds. The average molecular weight is 336 g/mol. The second-order valence-electron chi connectivity index (χ2n) is 6.46. The van der Waals surface area contributed by atoms with Crippen LogP contribution >= 0.6 is 0 Å². The summed E-state index contributed by atoms with van der Waals surface area (Å²) in [5, 5.41) is 13.4. The molecule has 1 atom stereocenters. The van der Waals surface area contributed by atoms with E-state index in [1.165, 1.54) is 6.42 Å². The Bertz CT molecular complexity index is 840. The molecule has 0 radical (unpaired) electrons. The van der Waals surface area contributed by atoms with Crippen LogP contribution in [0.1, 0.15) is 20.3 Å².